The number of amides is 2. The third-order valence-electron chi connectivity index (χ3n) is 6.05. The number of rotatable bonds is 5. The molecule has 2 amide bonds. The molecule has 28 heavy (non-hydrogen) atoms. The molecule has 1 aromatic carbocycles. The van der Waals surface area contributed by atoms with Gasteiger partial charge >= 0.3 is 5.97 Å². The summed E-state index contributed by atoms with van der Waals surface area (Å²) < 4.78 is 5.16. The monoisotopic (exact) mass is 406 g/mol. The van der Waals surface area contributed by atoms with Crippen LogP contribution in [0.15, 0.2) is 24.3 Å². The van der Waals surface area contributed by atoms with Crippen molar-refractivity contribution in [2.75, 3.05) is 18.5 Å². The summed E-state index contributed by atoms with van der Waals surface area (Å²) in [5.41, 5.74) is 0.466. The number of carbonyl (C=O) groups is 3. The van der Waals surface area contributed by atoms with Gasteiger partial charge in [-0.3, -0.25) is 14.4 Å². The van der Waals surface area contributed by atoms with E-state index in [1.54, 1.807) is 24.3 Å². The van der Waals surface area contributed by atoms with Crippen LogP contribution in [-0.2, 0) is 19.1 Å². The Morgan fingerprint density at radius 1 is 1.25 bits per heavy atom. The van der Waals surface area contributed by atoms with Crippen molar-refractivity contribution in [1.29, 1.82) is 0 Å². The number of nitrogens with zero attached hydrogens (tertiary/aromatic N) is 1. The maximum Gasteiger partial charge on any atom is 0.311 e. The molecule has 3 rings (SSSR count). The lowest BCUT2D eigenvalue weighted by Crippen LogP contribution is -2.45. The maximum absolute atomic E-state index is 12.5. The van der Waals surface area contributed by atoms with E-state index in [-0.39, 0.29) is 18.4 Å². The first-order chi connectivity index (χ1) is 13.4. The second kappa shape index (κ2) is 8.95. The molecule has 152 valence electrons. The van der Waals surface area contributed by atoms with Crippen LogP contribution in [-0.4, -0.2) is 41.9 Å². The van der Waals surface area contributed by atoms with Crippen molar-refractivity contribution < 1.29 is 19.1 Å². The predicted octanol–water partition coefficient (Wildman–Crippen LogP) is 3.49. The quantitative estimate of drug-likeness (QED) is 0.759. The van der Waals surface area contributed by atoms with Crippen molar-refractivity contribution in [3.05, 3.63) is 29.3 Å². The average molecular weight is 407 g/mol. The van der Waals surface area contributed by atoms with Gasteiger partial charge in [-0.25, -0.2) is 0 Å². The highest BCUT2D eigenvalue weighted by atomic mass is 35.5. The van der Waals surface area contributed by atoms with Crippen LogP contribution < -0.4 is 5.32 Å². The zero-order valence-electron chi connectivity index (χ0n) is 16.3. The van der Waals surface area contributed by atoms with E-state index in [4.69, 9.17) is 16.3 Å². The molecule has 1 aliphatic heterocycles. The summed E-state index contributed by atoms with van der Waals surface area (Å²) >= 11 is 6.00. The molecule has 1 aromatic rings. The Bertz CT molecular complexity index is 754. The fraction of sp³-hybridized carbons (Fsp3) is 0.571. The van der Waals surface area contributed by atoms with Gasteiger partial charge in [0.1, 0.15) is 0 Å². The summed E-state index contributed by atoms with van der Waals surface area (Å²) in [6.07, 6.45) is 3.44. The lowest BCUT2D eigenvalue weighted by atomic mass is 9.77. The largest absolute Gasteiger partial charge is 0.455 e. The van der Waals surface area contributed by atoms with Gasteiger partial charge in [0, 0.05) is 19.0 Å². The van der Waals surface area contributed by atoms with Crippen molar-refractivity contribution in [2.45, 2.75) is 45.6 Å². The molecule has 4 atom stereocenters. The van der Waals surface area contributed by atoms with E-state index in [9.17, 15) is 14.4 Å². The third kappa shape index (κ3) is 4.66. The molecule has 1 heterocycles. The Morgan fingerprint density at radius 2 is 2.00 bits per heavy atom. The Kier molecular flexibility index (Phi) is 6.60. The van der Waals surface area contributed by atoms with Gasteiger partial charge in [-0.15, -0.1) is 0 Å². The summed E-state index contributed by atoms with van der Waals surface area (Å²) in [6.45, 7) is 4.39. The average Bonchev–Trinajstić information content (AvgIpc) is 3.05. The minimum absolute atomic E-state index is 0.00780. The highest BCUT2D eigenvalue weighted by molar-refractivity contribution is 6.33. The SMILES string of the molecule is C[C@@H]1[C@H](C)CCC[C@@H]1N1C[C@H](C(=O)OCC(=O)Nc2ccccc2Cl)CC1=O. The van der Waals surface area contributed by atoms with Gasteiger partial charge in [0.05, 0.1) is 16.6 Å². The van der Waals surface area contributed by atoms with E-state index in [1.165, 1.54) is 6.42 Å². The van der Waals surface area contributed by atoms with E-state index in [0.717, 1.165) is 12.8 Å². The molecule has 1 saturated carbocycles. The van der Waals surface area contributed by atoms with Gasteiger partial charge in [-0.05, 0) is 30.4 Å². The fourth-order valence-corrected chi connectivity index (χ4v) is 4.39. The van der Waals surface area contributed by atoms with Crippen LogP contribution in [0.4, 0.5) is 5.69 Å². The number of anilines is 1. The standard InChI is InChI=1S/C21H27ClN2O4/c1-13-6-5-9-18(14(13)2)24-11-15(10-20(24)26)21(27)28-12-19(25)23-17-8-4-3-7-16(17)22/h3-4,7-8,13-15,18H,5-6,9-12H2,1-2H3,(H,23,25)/t13-,14-,15-,18+/m1/s1. The molecule has 2 aliphatic rings. The van der Waals surface area contributed by atoms with E-state index in [0.29, 0.717) is 29.1 Å². The number of benzene rings is 1. The highest BCUT2D eigenvalue weighted by Crippen LogP contribution is 2.35. The Hall–Kier alpha value is -2.08. The number of nitrogens with one attached hydrogen (secondary N) is 1. The number of hydrogen-bond acceptors (Lipinski definition) is 4. The third-order valence-corrected chi connectivity index (χ3v) is 6.38. The van der Waals surface area contributed by atoms with Crippen LogP contribution >= 0.6 is 11.6 Å². The summed E-state index contributed by atoms with van der Waals surface area (Å²) in [6, 6.07) is 7.03. The number of esters is 1. The molecule has 7 heteroatoms. The van der Waals surface area contributed by atoms with E-state index < -0.39 is 24.4 Å². The van der Waals surface area contributed by atoms with Crippen LogP contribution in [0.5, 0.6) is 0 Å². The summed E-state index contributed by atoms with van der Waals surface area (Å²) in [4.78, 5) is 38.7. The molecule has 0 bridgehead atoms. The van der Waals surface area contributed by atoms with Crippen molar-refractivity contribution in [1.82, 2.24) is 4.90 Å². The second-order valence-electron chi connectivity index (χ2n) is 7.92. The Morgan fingerprint density at radius 3 is 2.75 bits per heavy atom. The van der Waals surface area contributed by atoms with Gasteiger partial charge in [0.2, 0.25) is 5.91 Å². The molecule has 2 fully saturated rings. The Balaban J connectivity index is 1.50. The predicted molar refractivity (Wildman–Crippen MR) is 107 cm³/mol. The number of ether oxygens (including phenoxy) is 1. The number of halogens is 1. The molecular weight excluding hydrogens is 380 g/mol. The lowest BCUT2D eigenvalue weighted by Gasteiger charge is -2.39. The van der Waals surface area contributed by atoms with Crippen molar-refractivity contribution in [2.24, 2.45) is 17.8 Å². The van der Waals surface area contributed by atoms with Crippen LogP contribution in [0, 0.1) is 17.8 Å². The lowest BCUT2D eigenvalue weighted by molar-refractivity contribution is -0.151. The van der Waals surface area contributed by atoms with Crippen molar-refractivity contribution in [3.63, 3.8) is 0 Å². The molecule has 0 radical (unpaired) electrons. The van der Waals surface area contributed by atoms with Crippen LogP contribution in [0.3, 0.4) is 0 Å². The normalized spacial score (nSPS) is 27.5. The van der Waals surface area contributed by atoms with Gasteiger partial charge in [0.15, 0.2) is 6.61 Å². The molecule has 1 aliphatic carbocycles. The molecule has 1 saturated heterocycles. The zero-order chi connectivity index (χ0) is 20.3. The number of para-hydroxylation sites is 1. The first-order valence-electron chi connectivity index (χ1n) is 9.87. The molecule has 0 aromatic heterocycles. The summed E-state index contributed by atoms with van der Waals surface area (Å²) in [5.74, 6) is -0.461. The van der Waals surface area contributed by atoms with Gasteiger partial charge in [-0.1, -0.05) is 50.4 Å². The molecule has 0 spiro atoms. The smallest absolute Gasteiger partial charge is 0.311 e. The van der Waals surface area contributed by atoms with Crippen molar-refractivity contribution >= 4 is 35.1 Å². The maximum atomic E-state index is 12.5. The van der Waals surface area contributed by atoms with E-state index in [2.05, 4.69) is 19.2 Å². The highest BCUT2D eigenvalue weighted by Gasteiger charge is 2.42. The van der Waals surface area contributed by atoms with Gasteiger partial charge in [-0.2, -0.15) is 0 Å². The first kappa shape index (κ1) is 20.6. The zero-order valence-corrected chi connectivity index (χ0v) is 17.1. The van der Waals surface area contributed by atoms with E-state index >= 15 is 0 Å². The van der Waals surface area contributed by atoms with Crippen molar-refractivity contribution in [3.8, 4) is 0 Å². The number of carbonyl (C=O) groups excluding carboxylic acids is 3. The van der Waals surface area contributed by atoms with Gasteiger partial charge < -0.3 is 15.0 Å². The van der Waals surface area contributed by atoms with Crippen LogP contribution in [0.25, 0.3) is 0 Å². The van der Waals surface area contributed by atoms with Crippen LogP contribution in [0.1, 0.15) is 39.5 Å². The molecule has 0 unspecified atom stereocenters. The number of hydrogen-bond donors (Lipinski definition) is 1. The first-order valence-corrected chi connectivity index (χ1v) is 10.2. The fourth-order valence-electron chi connectivity index (χ4n) is 4.21. The summed E-state index contributed by atoms with van der Waals surface area (Å²) in [5, 5.41) is 3.02. The molecule has 6 nitrogen and oxygen atoms in total. The second-order valence-corrected chi connectivity index (χ2v) is 8.32. The molecular formula is C21H27ClN2O4. The minimum Gasteiger partial charge on any atom is -0.455 e. The Labute approximate surface area is 170 Å². The van der Waals surface area contributed by atoms with E-state index in [1.807, 2.05) is 4.90 Å². The minimum atomic E-state index is -0.509. The van der Waals surface area contributed by atoms with Gasteiger partial charge in [0.25, 0.3) is 5.91 Å². The molecule has 1 N–H and O–H groups in total. The topological polar surface area (TPSA) is 75.7 Å². The summed E-state index contributed by atoms with van der Waals surface area (Å²) in [7, 11) is 0. The number of likely N-dealkylation sites (tertiary alicyclic amines) is 1. The van der Waals surface area contributed by atoms with Crippen LogP contribution in [0.2, 0.25) is 5.02 Å².